The Morgan fingerprint density at radius 3 is 2.56 bits per heavy atom. The Labute approximate surface area is 155 Å². The van der Waals surface area contributed by atoms with Crippen LogP contribution in [0.5, 0.6) is 5.88 Å². The Kier molecular flexibility index (Phi) is 5.71. The maximum absolute atomic E-state index is 12.5. The van der Waals surface area contributed by atoms with Gasteiger partial charge in [0.25, 0.3) is 0 Å². The quantitative estimate of drug-likeness (QED) is 0.807. The summed E-state index contributed by atoms with van der Waals surface area (Å²) in [5, 5.41) is 0. The van der Waals surface area contributed by atoms with Gasteiger partial charge in [-0.25, -0.2) is 18.1 Å². The molecule has 1 aliphatic rings. The van der Waals surface area contributed by atoms with Gasteiger partial charge in [0.05, 0.1) is 4.90 Å². The van der Waals surface area contributed by atoms with Crippen molar-refractivity contribution in [1.29, 1.82) is 0 Å². The predicted octanol–water partition coefficient (Wildman–Crippen LogP) is 3.38. The molecule has 5 nitrogen and oxygen atoms in total. The number of rotatable bonds is 6. The second-order valence-electron chi connectivity index (χ2n) is 6.37. The molecule has 1 aromatic carbocycles. The summed E-state index contributed by atoms with van der Waals surface area (Å²) in [6, 6.07) is 7.91. The van der Waals surface area contributed by atoms with Crippen LogP contribution in [0.15, 0.2) is 41.4 Å². The fraction of sp³-hybridized carbons (Fsp3) is 0.389. The van der Waals surface area contributed by atoms with Crippen LogP contribution >= 0.6 is 0 Å². The van der Waals surface area contributed by atoms with Gasteiger partial charge in [0.1, 0.15) is 0 Å². The van der Waals surface area contributed by atoms with Gasteiger partial charge in [0, 0.05) is 18.8 Å². The first-order chi connectivity index (χ1) is 12.7. The first-order valence-corrected chi connectivity index (χ1v) is 9.97. The molecule has 9 heteroatoms. The first-order valence-electron chi connectivity index (χ1n) is 8.49. The molecule has 0 atom stereocenters. The van der Waals surface area contributed by atoms with Crippen LogP contribution < -0.4 is 9.46 Å². The van der Waals surface area contributed by atoms with Gasteiger partial charge in [-0.15, -0.1) is 0 Å². The van der Waals surface area contributed by atoms with E-state index in [2.05, 4.69) is 14.4 Å². The number of hydrogen-bond acceptors (Lipinski definition) is 4. The lowest BCUT2D eigenvalue weighted by atomic mass is 9.92. The van der Waals surface area contributed by atoms with Crippen LogP contribution in [0.1, 0.15) is 29.5 Å². The number of nitrogens with one attached hydrogen (secondary N) is 1. The highest BCUT2D eigenvalue weighted by molar-refractivity contribution is 7.89. The number of hydrogen-bond donors (Lipinski definition) is 1. The van der Waals surface area contributed by atoms with Gasteiger partial charge in [-0.1, -0.05) is 6.07 Å². The molecule has 1 aromatic heterocycles. The molecule has 1 N–H and O–H groups in total. The summed E-state index contributed by atoms with van der Waals surface area (Å²) < 4.78 is 68.7. The van der Waals surface area contributed by atoms with Crippen molar-refractivity contribution in [1.82, 2.24) is 9.71 Å². The molecule has 0 unspecified atom stereocenters. The summed E-state index contributed by atoms with van der Waals surface area (Å²) in [4.78, 5) is 3.88. The normalized spacial score (nSPS) is 14.6. The zero-order valence-electron chi connectivity index (χ0n) is 14.4. The van der Waals surface area contributed by atoms with E-state index in [4.69, 9.17) is 0 Å². The standard InChI is InChI=1S/C18H19F3N2O3S/c19-18(20,21)12-26-17-9-13(7-8-22-17)11-23-27(24,25)16-6-5-14-3-1-2-4-15(14)10-16/h5-10,23H,1-4,11-12H2. The number of ether oxygens (including phenoxy) is 1. The molecule has 0 amide bonds. The molecule has 146 valence electrons. The average molecular weight is 400 g/mol. The third kappa shape index (κ3) is 5.43. The molecule has 0 saturated carbocycles. The molecule has 1 heterocycles. The SMILES string of the molecule is O=S(=O)(NCc1ccnc(OCC(F)(F)F)c1)c1ccc2c(c1)CCCC2. The number of sulfonamides is 1. The number of aromatic nitrogens is 1. The molecule has 0 fully saturated rings. The summed E-state index contributed by atoms with van der Waals surface area (Å²) >= 11 is 0. The number of nitrogens with zero attached hydrogens (tertiary/aromatic N) is 1. The molecule has 0 spiro atoms. The maximum Gasteiger partial charge on any atom is 0.422 e. The van der Waals surface area contributed by atoms with E-state index in [1.807, 2.05) is 6.07 Å². The van der Waals surface area contributed by atoms with E-state index in [-0.39, 0.29) is 17.3 Å². The van der Waals surface area contributed by atoms with Gasteiger partial charge in [-0.3, -0.25) is 0 Å². The zero-order chi connectivity index (χ0) is 19.5. The van der Waals surface area contributed by atoms with E-state index in [9.17, 15) is 21.6 Å². The highest BCUT2D eigenvalue weighted by atomic mass is 32.2. The molecule has 0 radical (unpaired) electrons. The molecule has 27 heavy (non-hydrogen) atoms. The molecule has 3 rings (SSSR count). The van der Waals surface area contributed by atoms with Crippen LogP contribution in [0.4, 0.5) is 13.2 Å². The van der Waals surface area contributed by atoms with Gasteiger partial charge in [0.15, 0.2) is 6.61 Å². The third-order valence-corrected chi connectivity index (χ3v) is 5.68. The molecule has 0 aliphatic heterocycles. The highest BCUT2D eigenvalue weighted by Gasteiger charge is 2.28. The molecular weight excluding hydrogens is 381 g/mol. The van der Waals surface area contributed by atoms with Crippen molar-refractivity contribution in [3.8, 4) is 5.88 Å². The Morgan fingerprint density at radius 1 is 1.07 bits per heavy atom. The van der Waals surface area contributed by atoms with Crippen LogP contribution in [0.25, 0.3) is 0 Å². The summed E-state index contributed by atoms with van der Waals surface area (Å²) in [5.74, 6) is -0.210. The highest BCUT2D eigenvalue weighted by Crippen LogP contribution is 2.24. The van der Waals surface area contributed by atoms with Crippen molar-refractivity contribution in [2.45, 2.75) is 43.3 Å². The minimum absolute atomic E-state index is 0.0791. The van der Waals surface area contributed by atoms with Crippen molar-refractivity contribution in [2.24, 2.45) is 0 Å². The van der Waals surface area contributed by atoms with Crippen LogP contribution in [-0.4, -0.2) is 26.2 Å². The number of fused-ring (bicyclic) bond motifs is 1. The minimum atomic E-state index is -4.47. The summed E-state index contributed by atoms with van der Waals surface area (Å²) in [5.41, 5.74) is 2.68. The van der Waals surface area contributed by atoms with Crippen LogP contribution in [0.2, 0.25) is 0 Å². The number of halogens is 3. The Hall–Kier alpha value is -2.13. The first kappa shape index (κ1) is 19.6. The van der Waals surface area contributed by atoms with Crippen LogP contribution in [0.3, 0.4) is 0 Å². The predicted molar refractivity (Wildman–Crippen MR) is 92.9 cm³/mol. The topological polar surface area (TPSA) is 68.3 Å². The maximum atomic E-state index is 12.5. The van der Waals surface area contributed by atoms with E-state index >= 15 is 0 Å². The monoisotopic (exact) mass is 400 g/mol. The molecule has 2 aromatic rings. The van der Waals surface area contributed by atoms with E-state index in [1.54, 1.807) is 12.1 Å². The lowest BCUT2D eigenvalue weighted by molar-refractivity contribution is -0.154. The van der Waals surface area contributed by atoms with Crippen LogP contribution in [0, 0.1) is 0 Å². The van der Waals surface area contributed by atoms with Gasteiger partial charge < -0.3 is 4.74 Å². The number of pyridine rings is 1. The zero-order valence-corrected chi connectivity index (χ0v) is 15.2. The smallest absolute Gasteiger partial charge is 0.422 e. The summed E-state index contributed by atoms with van der Waals surface area (Å²) in [6.07, 6.45) is 0.781. The van der Waals surface area contributed by atoms with Gasteiger partial charge >= 0.3 is 6.18 Å². The van der Waals surface area contributed by atoms with Crippen molar-refractivity contribution >= 4 is 10.0 Å². The second kappa shape index (κ2) is 7.85. The molecule has 1 aliphatic carbocycles. The fourth-order valence-electron chi connectivity index (χ4n) is 2.93. The molecule has 0 saturated heterocycles. The number of benzene rings is 1. The minimum Gasteiger partial charge on any atom is -0.468 e. The van der Waals surface area contributed by atoms with Gasteiger partial charge in [-0.05, 0) is 60.6 Å². The summed E-state index contributed by atoms with van der Waals surface area (Å²) in [6.45, 7) is -1.53. The fourth-order valence-corrected chi connectivity index (χ4v) is 4.00. The van der Waals surface area contributed by atoms with Crippen molar-refractivity contribution in [3.63, 3.8) is 0 Å². The Balaban J connectivity index is 1.67. The largest absolute Gasteiger partial charge is 0.468 e. The summed E-state index contributed by atoms with van der Waals surface area (Å²) in [7, 11) is -3.73. The van der Waals surface area contributed by atoms with E-state index < -0.39 is 22.8 Å². The van der Waals surface area contributed by atoms with Gasteiger partial charge in [-0.2, -0.15) is 13.2 Å². The third-order valence-electron chi connectivity index (χ3n) is 4.28. The molecular formula is C18H19F3N2O3S. The lowest BCUT2D eigenvalue weighted by Gasteiger charge is -2.17. The molecule has 0 bridgehead atoms. The Morgan fingerprint density at radius 2 is 1.81 bits per heavy atom. The number of aryl methyl sites for hydroxylation is 2. The number of alkyl halides is 3. The van der Waals surface area contributed by atoms with Crippen molar-refractivity contribution in [3.05, 3.63) is 53.2 Å². The van der Waals surface area contributed by atoms with Crippen molar-refractivity contribution in [2.75, 3.05) is 6.61 Å². The Bertz CT molecular complexity index is 914. The van der Waals surface area contributed by atoms with E-state index in [1.165, 1.54) is 23.9 Å². The van der Waals surface area contributed by atoms with E-state index in [0.29, 0.717) is 5.56 Å². The van der Waals surface area contributed by atoms with Gasteiger partial charge in [0.2, 0.25) is 15.9 Å². The van der Waals surface area contributed by atoms with Crippen molar-refractivity contribution < 1.29 is 26.3 Å². The second-order valence-corrected chi connectivity index (χ2v) is 8.14. The van der Waals surface area contributed by atoms with Crippen LogP contribution in [-0.2, 0) is 29.4 Å². The average Bonchev–Trinajstić information content (AvgIpc) is 2.64. The lowest BCUT2D eigenvalue weighted by Crippen LogP contribution is -2.24. The van der Waals surface area contributed by atoms with E-state index in [0.717, 1.165) is 31.2 Å².